The normalized spacial score (nSPS) is 11.3. The molecule has 0 saturated heterocycles. The van der Waals surface area contributed by atoms with Gasteiger partial charge < -0.3 is 15.6 Å². The zero-order valence-corrected chi connectivity index (χ0v) is 16.2. The van der Waals surface area contributed by atoms with Crippen molar-refractivity contribution in [2.45, 2.75) is 20.0 Å². The van der Waals surface area contributed by atoms with Gasteiger partial charge in [0, 0.05) is 29.3 Å². The van der Waals surface area contributed by atoms with Crippen LogP contribution in [0, 0.1) is 6.92 Å². The first-order valence-corrected chi connectivity index (χ1v) is 7.98. The minimum Gasteiger partial charge on any atom is -0.357 e. The molecule has 3 N–H and O–H groups in total. The van der Waals surface area contributed by atoms with Gasteiger partial charge in [-0.1, -0.05) is 18.2 Å². The minimum atomic E-state index is 0. The summed E-state index contributed by atoms with van der Waals surface area (Å²) in [4.78, 5) is 13.2. The second-order valence-electron chi connectivity index (χ2n) is 5.03. The molecule has 122 valence electrons. The van der Waals surface area contributed by atoms with Crippen molar-refractivity contribution in [1.29, 1.82) is 0 Å². The molecule has 3 rings (SSSR count). The fourth-order valence-electron chi connectivity index (χ4n) is 2.27. The summed E-state index contributed by atoms with van der Waals surface area (Å²) >= 11 is 1.70. The van der Waals surface area contributed by atoms with E-state index in [0.29, 0.717) is 13.1 Å². The van der Waals surface area contributed by atoms with E-state index in [0.717, 1.165) is 22.2 Å². The standard InChI is InChI=1S/C16H19N5S.HI/c1-11-8-18-15(22-11)10-20-16(17-2)19-9-13-7-12-5-3-4-6-14(12)21-13;/h3-8,21H,9-10H2,1-2H3,(H2,17,19,20);1H. The number of guanidine groups is 1. The molecule has 0 aliphatic carbocycles. The van der Waals surface area contributed by atoms with Crippen LogP contribution in [0.2, 0.25) is 0 Å². The number of hydrogen-bond donors (Lipinski definition) is 3. The summed E-state index contributed by atoms with van der Waals surface area (Å²) < 4.78 is 0. The van der Waals surface area contributed by atoms with Crippen molar-refractivity contribution >= 4 is 52.2 Å². The van der Waals surface area contributed by atoms with Crippen LogP contribution in [0.25, 0.3) is 10.9 Å². The van der Waals surface area contributed by atoms with Crippen molar-refractivity contribution in [3.05, 3.63) is 52.1 Å². The molecular formula is C16H20IN5S. The first-order valence-electron chi connectivity index (χ1n) is 7.17. The van der Waals surface area contributed by atoms with Crippen LogP contribution in [0.4, 0.5) is 0 Å². The van der Waals surface area contributed by atoms with Gasteiger partial charge in [-0.15, -0.1) is 35.3 Å². The summed E-state index contributed by atoms with van der Waals surface area (Å²) in [5.41, 5.74) is 2.29. The van der Waals surface area contributed by atoms with Gasteiger partial charge in [0.15, 0.2) is 5.96 Å². The SMILES string of the molecule is CN=C(NCc1cc2ccccc2[nH]1)NCc1ncc(C)s1.I. The first-order chi connectivity index (χ1) is 10.7. The maximum absolute atomic E-state index is 4.34. The molecule has 0 fully saturated rings. The second kappa shape index (κ2) is 8.30. The largest absolute Gasteiger partial charge is 0.357 e. The highest BCUT2D eigenvalue weighted by Crippen LogP contribution is 2.14. The number of nitrogens with zero attached hydrogens (tertiary/aromatic N) is 2. The van der Waals surface area contributed by atoms with Crippen LogP contribution in [0.15, 0.2) is 41.5 Å². The van der Waals surface area contributed by atoms with Crippen molar-refractivity contribution in [1.82, 2.24) is 20.6 Å². The molecule has 0 spiro atoms. The summed E-state index contributed by atoms with van der Waals surface area (Å²) in [5, 5.41) is 8.87. The number of aromatic amines is 1. The van der Waals surface area contributed by atoms with Gasteiger partial charge in [0.25, 0.3) is 0 Å². The Morgan fingerprint density at radius 3 is 2.74 bits per heavy atom. The predicted octanol–water partition coefficient (Wildman–Crippen LogP) is 3.42. The second-order valence-corrected chi connectivity index (χ2v) is 6.35. The minimum absolute atomic E-state index is 0. The number of fused-ring (bicyclic) bond motifs is 1. The maximum Gasteiger partial charge on any atom is 0.191 e. The van der Waals surface area contributed by atoms with Crippen LogP contribution in [0.3, 0.4) is 0 Å². The van der Waals surface area contributed by atoms with Crippen LogP contribution < -0.4 is 10.6 Å². The van der Waals surface area contributed by atoms with Crippen molar-refractivity contribution < 1.29 is 0 Å². The number of rotatable bonds is 4. The van der Waals surface area contributed by atoms with E-state index in [4.69, 9.17) is 0 Å². The molecular weight excluding hydrogens is 421 g/mol. The van der Waals surface area contributed by atoms with Crippen molar-refractivity contribution in [2.24, 2.45) is 4.99 Å². The monoisotopic (exact) mass is 441 g/mol. The molecule has 3 aromatic rings. The van der Waals surface area contributed by atoms with Gasteiger partial charge in [-0.2, -0.15) is 0 Å². The van der Waals surface area contributed by atoms with E-state index in [1.165, 1.54) is 10.3 Å². The summed E-state index contributed by atoms with van der Waals surface area (Å²) in [6.07, 6.45) is 1.89. The predicted molar refractivity (Wildman–Crippen MR) is 108 cm³/mol. The summed E-state index contributed by atoms with van der Waals surface area (Å²) in [6.45, 7) is 3.44. The topological polar surface area (TPSA) is 65.1 Å². The van der Waals surface area contributed by atoms with Crippen LogP contribution in [-0.4, -0.2) is 23.0 Å². The molecule has 0 unspecified atom stereocenters. The quantitative estimate of drug-likeness (QED) is 0.330. The Morgan fingerprint density at radius 1 is 1.26 bits per heavy atom. The van der Waals surface area contributed by atoms with Gasteiger partial charge in [-0.05, 0) is 24.4 Å². The summed E-state index contributed by atoms with van der Waals surface area (Å²) in [7, 11) is 1.77. The van der Waals surface area contributed by atoms with E-state index in [1.807, 2.05) is 18.3 Å². The van der Waals surface area contributed by atoms with Gasteiger partial charge in [0.05, 0.1) is 13.1 Å². The summed E-state index contributed by atoms with van der Waals surface area (Å²) in [5.74, 6) is 0.770. The average molecular weight is 441 g/mol. The smallest absolute Gasteiger partial charge is 0.191 e. The lowest BCUT2D eigenvalue weighted by Crippen LogP contribution is -2.36. The Labute approximate surface area is 156 Å². The van der Waals surface area contributed by atoms with Crippen molar-refractivity contribution in [3.8, 4) is 0 Å². The lowest BCUT2D eigenvalue weighted by molar-refractivity contribution is 0.796. The maximum atomic E-state index is 4.34. The number of hydrogen-bond acceptors (Lipinski definition) is 3. The van der Waals surface area contributed by atoms with Crippen LogP contribution in [0.1, 0.15) is 15.6 Å². The number of benzene rings is 1. The highest BCUT2D eigenvalue weighted by molar-refractivity contribution is 14.0. The molecule has 0 aliphatic heterocycles. The lowest BCUT2D eigenvalue weighted by atomic mass is 10.2. The van der Waals surface area contributed by atoms with Crippen molar-refractivity contribution in [3.63, 3.8) is 0 Å². The Bertz CT molecular complexity index is 759. The Kier molecular flexibility index (Phi) is 6.40. The van der Waals surface area contributed by atoms with Gasteiger partial charge in [0.2, 0.25) is 0 Å². The van der Waals surface area contributed by atoms with Gasteiger partial charge in [-0.3, -0.25) is 4.99 Å². The third kappa shape index (κ3) is 4.68. The van der Waals surface area contributed by atoms with Crippen LogP contribution in [-0.2, 0) is 13.1 Å². The molecule has 1 aromatic carbocycles. The molecule has 2 heterocycles. The highest BCUT2D eigenvalue weighted by atomic mass is 127. The molecule has 5 nitrogen and oxygen atoms in total. The molecule has 0 saturated carbocycles. The fourth-order valence-corrected chi connectivity index (χ4v) is 3.00. The molecule has 7 heteroatoms. The summed E-state index contributed by atoms with van der Waals surface area (Å²) in [6, 6.07) is 10.4. The van der Waals surface area contributed by atoms with E-state index in [9.17, 15) is 0 Å². The Balaban J connectivity index is 0.00000192. The molecule has 0 radical (unpaired) electrons. The fraction of sp³-hybridized carbons (Fsp3) is 0.250. The van der Waals surface area contributed by atoms with Crippen molar-refractivity contribution in [2.75, 3.05) is 7.05 Å². The molecule has 0 bridgehead atoms. The zero-order chi connectivity index (χ0) is 15.4. The zero-order valence-electron chi connectivity index (χ0n) is 13.1. The van der Waals surface area contributed by atoms with E-state index in [-0.39, 0.29) is 24.0 Å². The van der Waals surface area contributed by atoms with Crippen LogP contribution in [0.5, 0.6) is 0 Å². The third-order valence-corrected chi connectivity index (χ3v) is 4.24. The highest BCUT2D eigenvalue weighted by Gasteiger charge is 2.03. The Morgan fingerprint density at radius 2 is 2.04 bits per heavy atom. The number of H-pyrrole nitrogens is 1. The lowest BCUT2D eigenvalue weighted by Gasteiger charge is -2.09. The molecule has 23 heavy (non-hydrogen) atoms. The van der Waals surface area contributed by atoms with Crippen LogP contribution >= 0.6 is 35.3 Å². The Hall–Kier alpha value is -1.61. The van der Waals surface area contributed by atoms with Gasteiger partial charge >= 0.3 is 0 Å². The number of aromatic nitrogens is 2. The molecule has 0 atom stereocenters. The number of nitrogens with one attached hydrogen (secondary N) is 3. The molecule has 2 aromatic heterocycles. The molecule has 0 aliphatic rings. The van der Waals surface area contributed by atoms with Gasteiger partial charge in [-0.25, -0.2) is 4.98 Å². The third-order valence-electron chi connectivity index (χ3n) is 3.33. The van der Waals surface area contributed by atoms with Gasteiger partial charge in [0.1, 0.15) is 5.01 Å². The van der Waals surface area contributed by atoms with E-state index in [2.05, 4.69) is 50.7 Å². The number of aryl methyl sites for hydroxylation is 1. The number of thiazole rings is 1. The van der Waals surface area contributed by atoms with E-state index >= 15 is 0 Å². The number of halogens is 1. The average Bonchev–Trinajstić information content (AvgIpc) is 3.13. The number of para-hydroxylation sites is 1. The molecule has 0 amide bonds. The first kappa shape index (κ1) is 17.7. The van der Waals surface area contributed by atoms with E-state index in [1.54, 1.807) is 18.4 Å². The number of aliphatic imine (C=N–C) groups is 1. The van der Waals surface area contributed by atoms with E-state index < -0.39 is 0 Å².